The molecule has 0 radical (unpaired) electrons. The summed E-state index contributed by atoms with van der Waals surface area (Å²) >= 11 is 0. The van der Waals surface area contributed by atoms with Gasteiger partial charge in [-0.05, 0) is 40.5 Å². The van der Waals surface area contributed by atoms with Crippen molar-refractivity contribution in [3.8, 4) is 0 Å². The molecule has 0 aliphatic rings. The van der Waals surface area contributed by atoms with Crippen molar-refractivity contribution in [2.45, 2.75) is 66.0 Å². The largest absolute Gasteiger partial charge is 0.356 e. The summed E-state index contributed by atoms with van der Waals surface area (Å²) in [6.07, 6.45) is 3.54. The standard InChI is InChI=1S/C15H34N4/c1-7-8-10-17-15(16-6)18-11-9-12-19(13(2)3)14(4)5/h13-14H,7-12H2,1-6H3,(H2,16,17,18). The quantitative estimate of drug-likeness (QED) is 0.384. The summed E-state index contributed by atoms with van der Waals surface area (Å²) in [6.45, 7) is 14.4. The molecular formula is C15H34N4. The van der Waals surface area contributed by atoms with Gasteiger partial charge in [-0.15, -0.1) is 0 Å². The summed E-state index contributed by atoms with van der Waals surface area (Å²) in [5.74, 6) is 0.925. The lowest BCUT2D eigenvalue weighted by atomic mass is 10.2. The molecule has 0 aliphatic heterocycles. The van der Waals surface area contributed by atoms with Gasteiger partial charge >= 0.3 is 0 Å². The molecule has 0 spiro atoms. The molecular weight excluding hydrogens is 236 g/mol. The molecule has 0 saturated heterocycles. The summed E-state index contributed by atoms with van der Waals surface area (Å²) in [4.78, 5) is 6.75. The van der Waals surface area contributed by atoms with Gasteiger partial charge in [-0.2, -0.15) is 0 Å². The van der Waals surface area contributed by atoms with Gasteiger partial charge in [0.15, 0.2) is 5.96 Å². The van der Waals surface area contributed by atoms with Crippen molar-refractivity contribution in [2.75, 3.05) is 26.7 Å². The fraction of sp³-hybridized carbons (Fsp3) is 0.933. The van der Waals surface area contributed by atoms with Gasteiger partial charge in [-0.1, -0.05) is 13.3 Å². The van der Waals surface area contributed by atoms with Gasteiger partial charge in [0.1, 0.15) is 0 Å². The third kappa shape index (κ3) is 8.87. The van der Waals surface area contributed by atoms with Crippen LogP contribution in [0.4, 0.5) is 0 Å². The average molecular weight is 270 g/mol. The molecule has 0 heterocycles. The van der Waals surface area contributed by atoms with Crippen molar-refractivity contribution in [1.82, 2.24) is 15.5 Å². The molecule has 0 bridgehead atoms. The number of rotatable bonds is 9. The molecule has 114 valence electrons. The smallest absolute Gasteiger partial charge is 0.190 e. The number of hydrogen-bond donors (Lipinski definition) is 2. The van der Waals surface area contributed by atoms with E-state index in [0.29, 0.717) is 12.1 Å². The number of nitrogens with one attached hydrogen (secondary N) is 2. The maximum Gasteiger partial charge on any atom is 0.190 e. The van der Waals surface area contributed by atoms with Gasteiger partial charge in [0, 0.05) is 38.8 Å². The molecule has 2 N–H and O–H groups in total. The second-order valence-electron chi connectivity index (χ2n) is 5.56. The zero-order valence-electron chi connectivity index (χ0n) is 13.8. The van der Waals surface area contributed by atoms with E-state index in [1.54, 1.807) is 0 Å². The molecule has 0 unspecified atom stereocenters. The van der Waals surface area contributed by atoms with E-state index in [9.17, 15) is 0 Å². The first kappa shape index (κ1) is 18.2. The van der Waals surface area contributed by atoms with Gasteiger partial charge in [-0.25, -0.2) is 0 Å². The van der Waals surface area contributed by atoms with Crippen LogP contribution < -0.4 is 10.6 Å². The number of nitrogens with zero attached hydrogens (tertiary/aromatic N) is 2. The monoisotopic (exact) mass is 270 g/mol. The van der Waals surface area contributed by atoms with Crippen LogP contribution in [0, 0.1) is 0 Å². The van der Waals surface area contributed by atoms with E-state index in [1.165, 1.54) is 12.8 Å². The third-order valence-corrected chi connectivity index (χ3v) is 3.26. The van der Waals surface area contributed by atoms with Crippen molar-refractivity contribution < 1.29 is 0 Å². The maximum absolute atomic E-state index is 4.23. The zero-order chi connectivity index (χ0) is 14.7. The SMILES string of the molecule is CCCCNC(=NC)NCCCN(C(C)C)C(C)C. The van der Waals surface area contributed by atoms with E-state index in [4.69, 9.17) is 0 Å². The van der Waals surface area contributed by atoms with Crippen molar-refractivity contribution in [3.05, 3.63) is 0 Å². The van der Waals surface area contributed by atoms with Crippen LogP contribution in [0.25, 0.3) is 0 Å². The molecule has 0 atom stereocenters. The lowest BCUT2D eigenvalue weighted by molar-refractivity contribution is 0.173. The van der Waals surface area contributed by atoms with Crippen LogP contribution in [-0.2, 0) is 0 Å². The first-order valence-electron chi connectivity index (χ1n) is 7.73. The summed E-state index contributed by atoms with van der Waals surface area (Å²) < 4.78 is 0. The molecule has 4 nitrogen and oxygen atoms in total. The van der Waals surface area contributed by atoms with Crippen molar-refractivity contribution >= 4 is 5.96 Å². The molecule has 0 saturated carbocycles. The third-order valence-electron chi connectivity index (χ3n) is 3.26. The summed E-state index contributed by atoms with van der Waals surface area (Å²) in [5.41, 5.74) is 0. The highest BCUT2D eigenvalue weighted by molar-refractivity contribution is 5.79. The topological polar surface area (TPSA) is 39.7 Å². The second kappa shape index (κ2) is 11.1. The Balaban J connectivity index is 3.82. The Morgan fingerprint density at radius 2 is 1.53 bits per heavy atom. The highest BCUT2D eigenvalue weighted by Gasteiger charge is 2.12. The van der Waals surface area contributed by atoms with Crippen LogP contribution in [-0.4, -0.2) is 49.6 Å². The lowest BCUT2D eigenvalue weighted by Gasteiger charge is -2.30. The summed E-state index contributed by atoms with van der Waals surface area (Å²) in [6, 6.07) is 1.23. The molecule has 0 rings (SSSR count). The predicted molar refractivity (Wildman–Crippen MR) is 85.9 cm³/mol. The van der Waals surface area contributed by atoms with E-state index in [1.807, 2.05) is 7.05 Å². The molecule has 0 amide bonds. The fourth-order valence-corrected chi connectivity index (χ4v) is 2.19. The van der Waals surface area contributed by atoms with Gasteiger partial charge < -0.3 is 10.6 Å². The Hall–Kier alpha value is -0.770. The van der Waals surface area contributed by atoms with E-state index in [-0.39, 0.29) is 0 Å². The number of guanidine groups is 1. The molecule has 0 aromatic rings. The van der Waals surface area contributed by atoms with Crippen molar-refractivity contribution in [3.63, 3.8) is 0 Å². The van der Waals surface area contributed by atoms with Crippen LogP contribution in [0.15, 0.2) is 4.99 Å². The first-order valence-corrected chi connectivity index (χ1v) is 7.73. The maximum atomic E-state index is 4.23. The lowest BCUT2D eigenvalue weighted by Crippen LogP contribution is -2.41. The van der Waals surface area contributed by atoms with Crippen LogP contribution in [0.1, 0.15) is 53.9 Å². The molecule has 0 aromatic carbocycles. The Morgan fingerprint density at radius 1 is 1.00 bits per heavy atom. The van der Waals surface area contributed by atoms with Gasteiger partial charge in [0.2, 0.25) is 0 Å². The van der Waals surface area contributed by atoms with Crippen molar-refractivity contribution in [2.24, 2.45) is 4.99 Å². The summed E-state index contributed by atoms with van der Waals surface area (Å²) in [7, 11) is 1.83. The van der Waals surface area contributed by atoms with E-state index < -0.39 is 0 Å². The molecule has 0 aromatic heterocycles. The van der Waals surface area contributed by atoms with Crippen LogP contribution >= 0.6 is 0 Å². The molecule has 0 aliphatic carbocycles. The minimum Gasteiger partial charge on any atom is -0.356 e. The Bertz CT molecular complexity index is 228. The number of unbranched alkanes of at least 4 members (excludes halogenated alkanes) is 1. The number of hydrogen-bond acceptors (Lipinski definition) is 2. The van der Waals surface area contributed by atoms with Gasteiger partial charge in [-0.3, -0.25) is 9.89 Å². The second-order valence-corrected chi connectivity index (χ2v) is 5.56. The van der Waals surface area contributed by atoms with Crippen molar-refractivity contribution in [1.29, 1.82) is 0 Å². The fourth-order valence-electron chi connectivity index (χ4n) is 2.19. The highest BCUT2D eigenvalue weighted by Crippen LogP contribution is 2.05. The van der Waals surface area contributed by atoms with Crippen LogP contribution in [0.3, 0.4) is 0 Å². The van der Waals surface area contributed by atoms with Gasteiger partial charge in [0.25, 0.3) is 0 Å². The Labute approximate surface area is 120 Å². The number of aliphatic imine (C=N–C) groups is 1. The predicted octanol–water partition coefficient (Wildman–Crippen LogP) is 2.46. The highest BCUT2D eigenvalue weighted by atomic mass is 15.2. The van der Waals surface area contributed by atoms with Gasteiger partial charge in [0.05, 0.1) is 0 Å². The molecule has 4 heteroatoms. The molecule has 0 fully saturated rings. The Kier molecular flexibility index (Phi) is 10.6. The Morgan fingerprint density at radius 3 is 1.95 bits per heavy atom. The van der Waals surface area contributed by atoms with Crippen LogP contribution in [0.2, 0.25) is 0 Å². The van der Waals surface area contributed by atoms with E-state index >= 15 is 0 Å². The van der Waals surface area contributed by atoms with E-state index in [2.05, 4.69) is 55.1 Å². The first-order chi connectivity index (χ1) is 9.02. The minimum absolute atomic E-state index is 0.613. The summed E-state index contributed by atoms with van der Waals surface area (Å²) in [5, 5.41) is 6.70. The normalized spacial score (nSPS) is 12.6. The average Bonchev–Trinajstić information content (AvgIpc) is 2.35. The van der Waals surface area contributed by atoms with E-state index in [0.717, 1.165) is 32.0 Å². The zero-order valence-corrected chi connectivity index (χ0v) is 13.8. The van der Waals surface area contributed by atoms with Crippen LogP contribution in [0.5, 0.6) is 0 Å². The minimum atomic E-state index is 0.613. The molecule has 19 heavy (non-hydrogen) atoms.